The van der Waals surface area contributed by atoms with Gasteiger partial charge in [0.05, 0.1) is 23.7 Å². The van der Waals surface area contributed by atoms with Gasteiger partial charge >= 0.3 is 5.97 Å². The molecule has 0 saturated heterocycles. The van der Waals surface area contributed by atoms with Crippen LogP contribution in [0.4, 0.5) is 0 Å². The van der Waals surface area contributed by atoms with Crippen molar-refractivity contribution in [1.82, 2.24) is 14.8 Å². The van der Waals surface area contributed by atoms with Gasteiger partial charge in [0.1, 0.15) is 6.04 Å². The van der Waals surface area contributed by atoms with Crippen molar-refractivity contribution in [2.45, 2.75) is 45.7 Å². The molecular formula is C27H33Cl2N3O3. The minimum atomic E-state index is -0.504. The van der Waals surface area contributed by atoms with Crippen LogP contribution < -0.4 is 0 Å². The number of esters is 1. The number of unbranched alkanes of at least 4 members (excludes halogenated alkanes) is 1. The van der Waals surface area contributed by atoms with Crippen LogP contribution in [0.15, 0.2) is 48.7 Å². The van der Waals surface area contributed by atoms with E-state index >= 15 is 0 Å². The van der Waals surface area contributed by atoms with Crippen LogP contribution in [-0.2, 0) is 27.3 Å². The molecule has 0 spiro atoms. The van der Waals surface area contributed by atoms with E-state index in [0.29, 0.717) is 36.1 Å². The number of aromatic nitrogens is 1. The van der Waals surface area contributed by atoms with E-state index in [2.05, 4.69) is 18.0 Å². The second-order valence-electron chi connectivity index (χ2n) is 8.70. The molecular weight excluding hydrogens is 485 g/mol. The molecule has 0 saturated carbocycles. The van der Waals surface area contributed by atoms with Crippen molar-refractivity contribution in [1.29, 1.82) is 0 Å². The van der Waals surface area contributed by atoms with Crippen molar-refractivity contribution in [2.75, 3.05) is 26.7 Å². The van der Waals surface area contributed by atoms with E-state index in [0.717, 1.165) is 34.9 Å². The molecule has 0 aliphatic rings. The van der Waals surface area contributed by atoms with E-state index in [1.165, 1.54) is 7.11 Å². The van der Waals surface area contributed by atoms with Crippen molar-refractivity contribution in [2.24, 2.45) is 0 Å². The number of aromatic amines is 1. The van der Waals surface area contributed by atoms with E-state index in [4.69, 9.17) is 27.9 Å². The van der Waals surface area contributed by atoms with Gasteiger partial charge in [0, 0.05) is 30.2 Å². The monoisotopic (exact) mass is 517 g/mol. The first-order valence-corrected chi connectivity index (χ1v) is 12.7. The number of para-hydroxylation sites is 1. The van der Waals surface area contributed by atoms with Crippen LogP contribution >= 0.6 is 23.2 Å². The smallest absolute Gasteiger partial charge is 0.322 e. The van der Waals surface area contributed by atoms with Crippen LogP contribution in [0.1, 0.15) is 37.8 Å². The number of amides is 1. The Bertz CT molecular complexity index is 1150. The van der Waals surface area contributed by atoms with Crippen LogP contribution in [0.25, 0.3) is 10.9 Å². The number of nitrogens with one attached hydrogen (secondary N) is 1. The first-order chi connectivity index (χ1) is 16.8. The summed E-state index contributed by atoms with van der Waals surface area (Å²) >= 11 is 12.3. The molecule has 0 fully saturated rings. The van der Waals surface area contributed by atoms with Gasteiger partial charge in [0.15, 0.2) is 0 Å². The number of hydrogen-bond acceptors (Lipinski definition) is 4. The van der Waals surface area contributed by atoms with E-state index in [1.807, 2.05) is 40.3 Å². The van der Waals surface area contributed by atoms with Gasteiger partial charge < -0.3 is 14.6 Å². The molecule has 188 valence electrons. The highest BCUT2D eigenvalue weighted by Gasteiger charge is 2.26. The molecule has 2 aromatic carbocycles. The van der Waals surface area contributed by atoms with Gasteiger partial charge in [-0.05, 0) is 55.6 Å². The van der Waals surface area contributed by atoms with E-state index in [1.54, 1.807) is 19.1 Å². The first kappa shape index (κ1) is 27.1. The van der Waals surface area contributed by atoms with Gasteiger partial charge in [0.2, 0.25) is 5.91 Å². The predicted molar refractivity (Wildman–Crippen MR) is 142 cm³/mol. The van der Waals surface area contributed by atoms with Gasteiger partial charge in [-0.25, -0.2) is 0 Å². The third-order valence-corrected chi connectivity index (χ3v) is 7.00. The molecule has 0 unspecified atom stereocenters. The topological polar surface area (TPSA) is 65.6 Å². The number of hydrogen-bond donors (Lipinski definition) is 1. The van der Waals surface area contributed by atoms with Crippen molar-refractivity contribution in [3.05, 3.63) is 69.8 Å². The first-order valence-electron chi connectivity index (χ1n) is 11.9. The number of methoxy groups -OCH3 is 1. The molecule has 3 rings (SSSR count). The van der Waals surface area contributed by atoms with Gasteiger partial charge in [-0.3, -0.25) is 14.5 Å². The third-order valence-electron chi connectivity index (χ3n) is 6.26. The predicted octanol–water partition coefficient (Wildman–Crippen LogP) is 5.71. The maximum atomic E-state index is 13.6. The lowest BCUT2D eigenvalue weighted by Crippen LogP contribution is -2.47. The Kier molecular flexibility index (Phi) is 10.0. The minimum absolute atomic E-state index is 0.0530. The van der Waals surface area contributed by atoms with Crippen molar-refractivity contribution in [3.8, 4) is 0 Å². The number of H-pyrrole nitrogens is 1. The van der Waals surface area contributed by atoms with Crippen molar-refractivity contribution >= 4 is 46.0 Å². The van der Waals surface area contributed by atoms with Crippen molar-refractivity contribution in [3.63, 3.8) is 0 Å². The van der Waals surface area contributed by atoms with Gasteiger partial charge in [-0.1, -0.05) is 60.8 Å². The Balaban J connectivity index is 1.81. The summed E-state index contributed by atoms with van der Waals surface area (Å²) in [5.41, 5.74) is 3.12. The molecule has 35 heavy (non-hydrogen) atoms. The molecule has 1 aromatic heterocycles. The molecule has 0 aliphatic carbocycles. The molecule has 3 aromatic rings. The lowest BCUT2D eigenvalue weighted by Gasteiger charge is -2.30. The van der Waals surface area contributed by atoms with E-state index < -0.39 is 6.04 Å². The normalized spacial score (nSPS) is 12.2. The standard InChI is InChI=1S/C27H33Cl2N3O3/c1-4-5-13-31(19(2)27(34)35-3)18-26(33)32(17-20-10-11-23(28)24(29)15-20)14-12-21-16-30-25-9-7-6-8-22(21)25/h6-11,15-16,19,30H,4-5,12-14,17-18H2,1-3H3/t19-/m1/s1. The largest absolute Gasteiger partial charge is 0.468 e. The Morgan fingerprint density at radius 1 is 1.09 bits per heavy atom. The van der Waals surface area contributed by atoms with Crippen LogP contribution in [-0.4, -0.2) is 59.4 Å². The Morgan fingerprint density at radius 3 is 2.57 bits per heavy atom. The van der Waals surface area contributed by atoms with E-state index in [9.17, 15) is 9.59 Å². The lowest BCUT2D eigenvalue weighted by molar-refractivity contribution is -0.147. The number of carbonyl (C=O) groups is 2. The average Bonchev–Trinajstić information content (AvgIpc) is 3.28. The van der Waals surface area contributed by atoms with Crippen LogP contribution in [0.2, 0.25) is 10.0 Å². The highest BCUT2D eigenvalue weighted by atomic mass is 35.5. The van der Waals surface area contributed by atoms with Gasteiger partial charge in [0.25, 0.3) is 0 Å². The number of halogens is 2. The van der Waals surface area contributed by atoms with Crippen LogP contribution in [0.5, 0.6) is 0 Å². The third kappa shape index (κ3) is 7.23. The molecule has 1 amide bonds. The molecule has 1 atom stereocenters. The second kappa shape index (κ2) is 13.0. The Hall–Kier alpha value is -2.54. The zero-order chi connectivity index (χ0) is 25.4. The zero-order valence-electron chi connectivity index (χ0n) is 20.5. The summed E-state index contributed by atoms with van der Waals surface area (Å²) in [5.74, 6) is -0.397. The number of rotatable bonds is 12. The molecule has 1 N–H and O–H groups in total. The van der Waals surface area contributed by atoms with Gasteiger partial charge in [-0.2, -0.15) is 0 Å². The summed E-state index contributed by atoms with van der Waals surface area (Å²) in [6.07, 6.45) is 4.54. The summed E-state index contributed by atoms with van der Waals surface area (Å²) in [6, 6.07) is 13.0. The maximum Gasteiger partial charge on any atom is 0.322 e. The highest BCUT2D eigenvalue weighted by molar-refractivity contribution is 6.42. The minimum Gasteiger partial charge on any atom is -0.468 e. The number of ether oxygens (including phenoxy) is 1. The van der Waals surface area contributed by atoms with Crippen LogP contribution in [0.3, 0.4) is 0 Å². The molecule has 8 heteroatoms. The fourth-order valence-corrected chi connectivity index (χ4v) is 4.43. The molecule has 0 bridgehead atoms. The molecule has 0 aliphatic heterocycles. The molecule has 6 nitrogen and oxygen atoms in total. The lowest BCUT2D eigenvalue weighted by atomic mass is 10.1. The second-order valence-corrected chi connectivity index (χ2v) is 9.51. The molecule has 1 heterocycles. The van der Waals surface area contributed by atoms with Crippen LogP contribution in [0, 0.1) is 0 Å². The zero-order valence-corrected chi connectivity index (χ0v) is 22.0. The quantitative estimate of drug-likeness (QED) is 0.312. The number of nitrogens with zero attached hydrogens (tertiary/aromatic N) is 2. The SMILES string of the molecule is CCCCN(CC(=O)N(CCc1c[nH]c2ccccc12)Cc1ccc(Cl)c(Cl)c1)[C@H](C)C(=O)OC. The number of benzene rings is 2. The molecule has 0 radical (unpaired) electrons. The Morgan fingerprint density at radius 2 is 1.86 bits per heavy atom. The highest BCUT2D eigenvalue weighted by Crippen LogP contribution is 2.24. The maximum absolute atomic E-state index is 13.6. The number of carbonyl (C=O) groups excluding carboxylic acids is 2. The summed E-state index contributed by atoms with van der Waals surface area (Å²) in [7, 11) is 1.37. The summed E-state index contributed by atoms with van der Waals surface area (Å²) < 4.78 is 4.94. The summed E-state index contributed by atoms with van der Waals surface area (Å²) in [6.45, 7) is 5.55. The van der Waals surface area contributed by atoms with Crippen molar-refractivity contribution < 1.29 is 14.3 Å². The summed E-state index contributed by atoms with van der Waals surface area (Å²) in [5, 5.41) is 2.08. The Labute approximate surface area is 217 Å². The van der Waals surface area contributed by atoms with E-state index in [-0.39, 0.29) is 18.4 Å². The number of fused-ring (bicyclic) bond motifs is 1. The average molecular weight is 518 g/mol. The fraction of sp³-hybridized carbons (Fsp3) is 0.407. The summed E-state index contributed by atoms with van der Waals surface area (Å²) in [4.78, 5) is 32.8. The fourth-order valence-electron chi connectivity index (χ4n) is 4.11. The van der Waals surface area contributed by atoms with Gasteiger partial charge in [-0.15, -0.1) is 0 Å².